The Morgan fingerprint density at radius 3 is 1.08 bits per heavy atom. The summed E-state index contributed by atoms with van der Waals surface area (Å²) >= 11 is 0. The van der Waals surface area contributed by atoms with E-state index in [1.54, 1.807) is 0 Å². The molecule has 0 radical (unpaired) electrons. The van der Waals surface area contributed by atoms with Gasteiger partial charge in [-0.25, -0.2) is 0 Å². The van der Waals surface area contributed by atoms with E-state index in [1.165, 1.54) is 132 Å². The van der Waals surface area contributed by atoms with Gasteiger partial charge in [0.05, 0.1) is 33.4 Å². The van der Waals surface area contributed by atoms with Gasteiger partial charge >= 0.3 is 0 Å². The normalized spacial score (nSPS) is 13.2. The van der Waals surface area contributed by atoms with Crippen LogP contribution in [0.2, 0.25) is 0 Å². The Labute approximate surface area is 417 Å². The molecular weight excluding hydrogens is 871 g/mol. The van der Waals surface area contributed by atoms with Gasteiger partial charge in [0.15, 0.2) is 0 Å². The van der Waals surface area contributed by atoms with Gasteiger partial charge in [0.25, 0.3) is 0 Å². The van der Waals surface area contributed by atoms with Crippen molar-refractivity contribution in [2.24, 2.45) is 0 Å². The number of fused-ring (bicyclic) bond motifs is 14. The summed E-state index contributed by atoms with van der Waals surface area (Å²) in [5.41, 5.74) is 17.8. The van der Waals surface area contributed by atoms with Gasteiger partial charge in [-0.05, 0) is 163 Å². The second kappa shape index (κ2) is 15.4. The van der Waals surface area contributed by atoms with Gasteiger partial charge < -0.3 is 14.0 Å². The lowest BCUT2D eigenvalue weighted by atomic mass is 9.72. The van der Waals surface area contributed by atoms with Crippen LogP contribution in [0.3, 0.4) is 0 Å². The highest BCUT2D eigenvalue weighted by atomic mass is 15.2. The van der Waals surface area contributed by atoms with E-state index in [0.29, 0.717) is 0 Å². The average Bonchev–Trinajstić information content (AvgIpc) is 3.96. The molecule has 1 aliphatic rings. The molecule has 2 aromatic heterocycles. The zero-order chi connectivity index (χ0) is 47.7. The molecule has 0 spiro atoms. The number of aromatic nitrogens is 2. The van der Waals surface area contributed by atoms with Crippen molar-refractivity contribution >= 4 is 93.0 Å². The first-order valence-corrected chi connectivity index (χ1v) is 25.1. The highest BCUT2D eigenvalue weighted by Crippen LogP contribution is 2.54. The zero-order valence-electron chi connectivity index (χ0n) is 40.0. The van der Waals surface area contributed by atoms with Gasteiger partial charge in [0.2, 0.25) is 0 Å². The zero-order valence-corrected chi connectivity index (χ0v) is 40.0. The fraction of sp³-hybridized carbons (Fsp3) is 0.0435. The highest BCUT2D eigenvalue weighted by molar-refractivity contribution is 6.26. The first kappa shape index (κ1) is 40.7. The molecule has 72 heavy (non-hydrogen) atoms. The molecule has 0 fully saturated rings. The van der Waals surface area contributed by atoms with Crippen LogP contribution < -0.4 is 4.90 Å². The Morgan fingerprint density at radius 1 is 0.250 bits per heavy atom. The summed E-state index contributed by atoms with van der Waals surface area (Å²) in [5, 5.41) is 12.6. The summed E-state index contributed by atoms with van der Waals surface area (Å²) < 4.78 is 4.79. The number of benzene rings is 12. The van der Waals surface area contributed by atoms with E-state index >= 15 is 0 Å². The maximum absolute atomic E-state index is 2.53. The van der Waals surface area contributed by atoms with E-state index < -0.39 is 0 Å². The topological polar surface area (TPSA) is 13.1 Å². The molecular formula is C69H47N3. The number of hydrogen-bond donors (Lipinski definition) is 0. The first-order chi connectivity index (χ1) is 35.5. The highest BCUT2D eigenvalue weighted by Gasteiger charge is 2.38. The third-order valence-corrected chi connectivity index (χ3v) is 15.8. The van der Waals surface area contributed by atoms with Crippen LogP contribution in [-0.2, 0) is 5.41 Å². The Hall–Kier alpha value is -9.18. The third kappa shape index (κ3) is 5.91. The van der Waals surface area contributed by atoms with Crippen LogP contribution in [0, 0.1) is 0 Å². The number of nitrogens with zero attached hydrogens (tertiary/aromatic N) is 3. The van der Waals surface area contributed by atoms with Gasteiger partial charge in [-0.3, -0.25) is 0 Å². The number of para-hydroxylation sites is 4. The predicted molar refractivity (Wildman–Crippen MR) is 305 cm³/mol. The van der Waals surface area contributed by atoms with Crippen molar-refractivity contribution in [2.75, 3.05) is 4.90 Å². The monoisotopic (exact) mass is 917 g/mol. The molecule has 0 N–H and O–H groups in total. The van der Waals surface area contributed by atoms with Crippen LogP contribution in [0.15, 0.2) is 249 Å². The summed E-state index contributed by atoms with van der Waals surface area (Å²) in [6.45, 7) is 4.84. The lowest BCUT2D eigenvalue weighted by Gasteiger charge is -2.42. The van der Waals surface area contributed by atoms with Gasteiger partial charge in [0.1, 0.15) is 0 Å². The van der Waals surface area contributed by atoms with Crippen molar-refractivity contribution < 1.29 is 0 Å². The second-order valence-electron chi connectivity index (χ2n) is 20.1. The summed E-state index contributed by atoms with van der Waals surface area (Å²) in [6, 6.07) is 92.4. The second-order valence-corrected chi connectivity index (χ2v) is 20.1. The van der Waals surface area contributed by atoms with Crippen LogP contribution in [0.25, 0.3) is 110 Å². The third-order valence-electron chi connectivity index (χ3n) is 15.8. The minimum absolute atomic E-state index is 0.353. The maximum Gasteiger partial charge on any atom is 0.0541 e. The summed E-state index contributed by atoms with van der Waals surface area (Å²) in [4.78, 5) is 2.53. The molecule has 0 bridgehead atoms. The Balaban J connectivity index is 0.934. The predicted octanol–water partition coefficient (Wildman–Crippen LogP) is 18.8. The van der Waals surface area contributed by atoms with Crippen molar-refractivity contribution in [2.45, 2.75) is 19.3 Å². The summed E-state index contributed by atoms with van der Waals surface area (Å²) in [6.07, 6.45) is 0. The van der Waals surface area contributed by atoms with Gasteiger partial charge in [0, 0.05) is 44.0 Å². The molecule has 15 rings (SSSR count). The van der Waals surface area contributed by atoms with Crippen LogP contribution in [0.5, 0.6) is 0 Å². The molecule has 0 aliphatic carbocycles. The number of anilines is 3. The van der Waals surface area contributed by atoms with E-state index in [2.05, 4.69) is 277 Å². The van der Waals surface area contributed by atoms with Crippen LogP contribution in [0.1, 0.15) is 25.0 Å². The van der Waals surface area contributed by atoms with Crippen molar-refractivity contribution in [3.05, 3.63) is 260 Å². The van der Waals surface area contributed by atoms with Gasteiger partial charge in [-0.2, -0.15) is 0 Å². The van der Waals surface area contributed by atoms with E-state index in [1.807, 2.05) is 0 Å². The Morgan fingerprint density at radius 2 is 0.611 bits per heavy atom. The summed E-state index contributed by atoms with van der Waals surface area (Å²) in [5.74, 6) is 0. The lowest BCUT2D eigenvalue weighted by Crippen LogP contribution is -2.30. The van der Waals surface area contributed by atoms with Crippen molar-refractivity contribution in [1.29, 1.82) is 0 Å². The van der Waals surface area contributed by atoms with Crippen LogP contribution in [-0.4, -0.2) is 9.13 Å². The van der Waals surface area contributed by atoms with Gasteiger partial charge in [-0.15, -0.1) is 0 Å². The smallest absolute Gasteiger partial charge is 0.0541 e. The van der Waals surface area contributed by atoms with E-state index in [0.717, 1.165) is 5.69 Å². The lowest BCUT2D eigenvalue weighted by molar-refractivity contribution is 0.632. The Kier molecular flexibility index (Phi) is 8.71. The standard InChI is InChI=1S/C69H47N3/c1-69(2)61-41-46(44-29-35-65-59(39-44)56-25-13-15-27-63(56)70(65)48-17-5-3-6-18-48)31-37-67(61)72(50-33-34-55-53-23-10-9-21-51(53)52-22-11-12-24-54(52)58(55)43-50)68-38-32-47(42-62(68)69)45-30-36-66-60(40-45)57-26-14-16-28-64(57)71(66)49-19-7-4-8-20-49/h3-43H,1-2H3. The molecule has 1 aliphatic heterocycles. The minimum atomic E-state index is -0.353. The molecule has 14 aromatic rings. The molecule has 3 heterocycles. The molecule has 0 amide bonds. The largest absolute Gasteiger partial charge is 0.310 e. The van der Waals surface area contributed by atoms with E-state index in [-0.39, 0.29) is 5.41 Å². The van der Waals surface area contributed by atoms with Crippen LogP contribution in [0.4, 0.5) is 17.1 Å². The fourth-order valence-corrected chi connectivity index (χ4v) is 12.4. The molecule has 0 atom stereocenters. The number of rotatable bonds is 5. The van der Waals surface area contributed by atoms with Crippen molar-refractivity contribution in [1.82, 2.24) is 9.13 Å². The van der Waals surface area contributed by atoms with E-state index in [9.17, 15) is 0 Å². The maximum atomic E-state index is 2.53. The molecule has 0 saturated carbocycles. The average molecular weight is 918 g/mol. The number of hydrogen-bond acceptors (Lipinski definition) is 1. The SMILES string of the molecule is CC1(C)c2cc(-c3ccc4c(c3)c3ccccc3n4-c3ccccc3)ccc2N(c2ccc3c4ccccc4c4ccccc4c3c2)c2ccc(-c3ccc4c(c3)c3ccccc3n4-c3ccccc3)cc21. The molecule has 0 saturated heterocycles. The first-order valence-electron chi connectivity index (χ1n) is 25.1. The van der Waals surface area contributed by atoms with Crippen molar-refractivity contribution in [3.63, 3.8) is 0 Å². The molecule has 3 heteroatoms. The van der Waals surface area contributed by atoms with Gasteiger partial charge in [-0.1, -0.05) is 166 Å². The minimum Gasteiger partial charge on any atom is -0.310 e. The molecule has 12 aromatic carbocycles. The Bertz CT molecular complexity index is 4290. The van der Waals surface area contributed by atoms with Crippen molar-refractivity contribution in [3.8, 4) is 33.6 Å². The summed E-state index contributed by atoms with van der Waals surface area (Å²) in [7, 11) is 0. The quantitative estimate of drug-likeness (QED) is 0.157. The van der Waals surface area contributed by atoms with E-state index in [4.69, 9.17) is 0 Å². The van der Waals surface area contributed by atoms with Crippen LogP contribution >= 0.6 is 0 Å². The molecule has 3 nitrogen and oxygen atoms in total. The molecule has 338 valence electrons. The fourth-order valence-electron chi connectivity index (χ4n) is 12.4. The molecule has 0 unspecified atom stereocenters.